The topological polar surface area (TPSA) is 33.0 Å². The van der Waals surface area contributed by atoms with Crippen molar-refractivity contribution in [3.05, 3.63) is 54.1 Å². The summed E-state index contributed by atoms with van der Waals surface area (Å²) in [6.07, 6.45) is 23.1. The average Bonchev–Trinajstić information content (AvgIpc) is 2.99. The van der Waals surface area contributed by atoms with Gasteiger partial charge < -0.3 is 4.74 Å². The van der Waals surface area contributed by atoms with E-state index in [0.717, 1.165) is 25.2 Å². The normalized spacial score (nSPS) is 18.0. The van der Waals surface area contributed by atoms with Crippen LogP contribution >= 0.6 is 0 Å². The number of ether oxygens (including phenoxy) is 1. The molecule has 0 bridgehead atoms. The minimum Gasteiger partial charge on any atom is -0.494 e. The number of unbranched alkanes of at least 4 members (excludes halogenated alkanes) is 11. The van der Waals surface area contributed by atoms with E-state index in [1.807, 2.05) is 0 Å². The highest BCUT2D eigenvalue weighted by molar-refractivity contribution is 5.64. The highest BCUT2D eigenvalue weighted by atomic mass is 16.5. The van der Waals surface area contributed by atoms with E-state index in [1.165, 1.54) is 119 Å². The molecule has 0 radical (unpaired) electrons. The number of rotatable bonds is 19. The third kappa shape index (κ3) is 11.4. The Bertz CT molecular complexity index is 917. The molecule has 0 spiro atoms. The summed E-state index contributed by atoms with van der Waals surface area (Å²) in [7, 11) is 0. The van der Waals surface area contributed by atoms with Crippen LogP contribution in [0.1, 0.15) is 141 Å². The largest absolute Gasteiger partial charge is 0.494 e. The van der Waals surface area contributed by atoms with Crippen LogP contribution in [0.2, 0.25) is 0 Å². The van der Waals surface area contributed by atoms with E-state index in [4.69, 9.17) is 4.74 Å². The standard InChI is InChI=1S/C37H55NO/c1-3-5-7-9-10-11-13-15-29-39-37-27-25-34(26-28-37)33-19-17-31(18-20-33)32-21-23-35(24-22-32)36(30-38)16-14-12-8-6-4-2/h17-20,25-28,32,35-36H,3-16,21-24,29H2,1-2H3/t32-,35-,36?. The maximum Gasteiger partial charge on any atom is 0.119 e. The van der Waals surface area contributed by atoms with Crippen molar-refractivity contribution < 1.29 is 4.74 Å². The highest BCUT2D eigenvalue weighted by Crippen LogP contribution is 2.40. The molecular weight excluding hydrogens is 474 g/mol. The Kier molecular flexibility index (Phi) is 15.2. The second kappa shape index (κ2) is 18.9. The van der Waals surface area contributed by atoms with Gasteiger partial charge in [0.15, 0.2) is 0 Å². The van der Waals surface area contributed by atoms with Gasteiger partial charge in [-0.15, -0.1) is 0 Å². The van der Waals surface area contributed by atoms with Crippen LogP contribution in [-0.4, -0.2) is 6.61 Å². The zero-order valence-corrected chi connectivity index (χ0v) is 25.1. The average molecular weight is 530 g/mol. The van der Waals surface area contributed by atoms with Crippen LogP contribution in [0.15, 0.2) is 48.5 Å². The second-order valence-corrected chi connectivity index (χ2v) is 12.0. The van der Waals surface area contributed by atoms with Crippen LogP contribution in [-0.2, 0) is 0 Å². The minimum absolute atomic E-state index is 0.266. The van der Waals surface area contributed by atoms with Gasteiger partial charge in [-0.2, -0.15) is 5.26 Å². The van der Waals surface area contributed by atoms with Gasteiger partial charge in [0.05, 0.1) is 12.7 Å². The van der Waals surface area contributed by atoms with Gasteiger partial charge in [-0.05, 0) is 79.2 Å². The van der Waals surface area contributed by atoms with Gasteiger partial charge in [-0.25, -0.2) is 0 Å². The summed E-state index contributed by atoms with van der Waals surface area (Å²) in [4.78, 5) is 0. The van der Waals surface area contributed by atoms with Crippen molar-refractivity contribution in [2.45, 2.75) is 135 Å². The number of nitriles is 1. The van der Waals surface area contributed by atoms with Crippen LogP contribution in [0.3, 0.4) is 0 Å². The molecular formula is C37H55NO. The quantitative estimate of drug-likeness (QED) is 0.169. The first kappa shape index (κ1) is 31.3. The zero-order valence-electron chi connectivity index (χ0n) is 25.1. The van der Waals surface area contributed by atoms with Crippen molar-refractivity contribution in [1.29, 1.82) is 5.26 Å². The van der Waals surface area contributed by atoms with Crippen molar-refractivity contribution in [1.82, 2.24) is 0 Å². The molecule has 2 nitrogen and oxygen atoms in total. The number of benzene rings is 2. The fourth-order valence-electron chi connectivity index (χ4n) is 6.35. The molecule has 0 heterocycles. The lowest BCUT2D eigenvalue weighted by atomic mass is 9.73. The lowest BCUT2D eigenvalue weighted by Crippen LogP contribution is -2.20. The van der Waals surface area contributed by atoms with Crippen LogP contribution in [0.4, 0.5) is 0 Å². The van der Waals surface area contributed by atoms with Crippen LogP contribution in [0, 0.1) is 23.2 Å². The molecule has 0 aromatic heterocycles. The Morgan fingerprint density at radius 2 is 1.18 bits per heavy atom. The molecule has 214 valence electrons. The molecule has 1 fully saturated rings. The van der Waals surface area contributed by atoms with E-state index in [-0.39, 0.29) is 5.92 Å². The molecule has 2 heteroatoms. The third-order valence-corrected chi connectivity index (χ3v) is 8.96. The van der Waals surface area contributed by atoms with E-state index >= 15 is 0 Å². The maximum atomic E-state index is 9.77. The molecule has 0 aliphatic heterocycles. The van der Waals surface area contributed by atoms with Gasteiger partial charge in [0, 0.05) is 5.92 Å². The Morgan fingerprint density at radius 1 is 0.667 bits per heavy atom. The summed E-state index contributed by atoms with van der Waals surface area (Å²) in [5, 5.41) is 9.77. The summed E-state index contributed by atoms with van der Waals surface area (Å²) in [6.45, 7) is 5.35. The summed E-state index contributed by atoms with van der Waals surface area (Å²) < 4.78 is 5.99. The summed E-state index contributed by atoms with van der Waals surface area (Å²) in [6, 6.07) is 20.5. The van der Waals surface area contributed by atoms with E-state index in [9.17, 15) is 5.26 Å². The van der Waals surface area contributed by atoms with Gasteiger partial charge in [0.1, 0.15) is 5.75 Å². The molecule has 0 N–H and O–H groups in total. The fourth-order valence-corrected chi connectivity index (χ4v) is 6.35. The molecule has 2 aromatic rings. The van der Waals surface area contributed by atoms with E-state index in [0.29, 0.717) is 11.8 Å². The lowest BCUT2D eigenvalue weighted by molar-refractivity contribution is 0.256. The van der Waals surface area contributed by atoms with E-state index in [2.05, 4.69) is 68.4 Å². The Labute approximate surface area is 240 Å². The smallest absolute Gasteiger partial charge is 0.119 e. The van der Waals surface area contributed by atoms with Crippen molar-refractivity contribution in [2.75, 3.05) is 6.61 Å². The Balaban J connectivity index is 1.36. The Hall–Kier alpha value is -2.27. The van der Waals surface area contributed by atoms with Crippen LogP contribution in [0.25, 0.3) is 11.1 Å². The summed E-state index contributed by atoms with van der Waals surface area (Å²) in [5.74, 6) is 2.49. The number of nitrogens with zero attached hydrogens (tertiary/aromatic N) is 1. The first-order valence-electron chi connectivity index (χ1n) is 16.5. The molecule has 39 heavy (non-hydrogen) atoms. The molecule has 1 unspecified atom stereocenters. The molecule has 3 rings (SSSR count). The van der Waals surface area contributed by atoms with Gasteiger partial charge in [-0.3, -0.25) is 0 Å². The molecule has 1 atom stereocenters. The van der Waals surface area contributed by atoms with Gasteiger partial charge >= 0.3 is 0 Å². The molecule has 1 aliphatic rings. The predicted molar refractivity (Wildman–Crippen MR) is 167 cm³/mol. The number of hydrogen-bond acceptors (Lipinski definition) is 2. The van der Waals surface area contributed by atoms with Gasteiger partial charge in [0.25, 0.3) is 0 Å². The SMILES string of the molecule is CCCCCCCCCCOc1ccc(-c2ccc([C@H]3CC[C@H](C(C#N)CCCCCCC)CC3)cc2)cc1. The van der Waals surface area contributed by atoms with Crippen LogP contribution < -0.4 is 4.74 Å². The first-order chi connectivity index (χ1) is 19.2. The van der Waals surface area contributed by atoms with E-state index in [1.54, 1.807) is 0 Å². The van der Waals surface area contributed by atoms with Crippen molar-refractivity contribution in [3.63, 3.8) is 0 Å². The Morgan fingerprint density at radius 3 is 1.74 bits per heavy atom. The fraction of sp³-hybridized carbons (Fsp3) is 0.649. The third-order valence-electron chi connectivity index (χ3n) is 8.96. The minimum atomic E-state index is 0.266. The summed E-state index contributed by atoms with van der Waals surface area (Å²) >= 11 is 0. The monoisotopic (exact) mass is 529 g/mol. The van der Waals surface area contributed by atoms with Gasteiger partial charge in [-0.1, -0.05) is 127 Å². The maximum absolute atomic E-state index is 9.77. The molecule has 2 aromatic carbocycles. The molecule has 0 amide bonds. The second-order valence-electron chi connectivity index (χ2n) is 12.0. The number of hydrogen-bond donors (Lipinski definition) is 0. The lowest BCUT2D eigenvalue weighted by Gasteiger charge is -2.31. The highest BCUT2D eigenvalue weighted by Gasteiger charge is 2.28. The molecule has 1 aliphatic carbocycles. The van der Waals surface area contributed by atoms with E-state index < -0.39 is 0 Å². The van der Waals surface area contributed by atoms with Crippen molar-refractivity contribution in [3.8, 4) is 22.9 Å². The molecule has 1 saturated carbocycles. The van der Waals surface area contributed by atoms with Gasteiger partial charge in [0.2, 0.25) is 0 Å². The predicted octanol–water partition coefficient (Wildman–Crippen LogP) is 11.6. The summed E-state index contributed by atoms with van der Waals surface area (Å²) in [5.41, 5.74) is 3.99. The first-order valence-corrected chi connectivity index (χ1v) is 16.5. The van der Waals surface area contributed by atoms with Crippen LogP contribution in [0.5, 0.6) is 5.75 Å². The van der Waals surface area contributed by atoms with Crippen molar-refractivity contribution in [2.24, 2.45) is 11.8 Å². The molecule has 0 saturated heterocycles. The van der Waals surface area contributed by atoms with Crippen molar-refractivity contribution >= 4 is 0 Å². The zero-order chi connectivity index (χ0) is 27.5.